The highest BCUT2D eigenvalue weighted by molar-refractivity contribution is 6.10. The number of hydrogen-bond acceptors (Lipinski definition) is 4. The summed E-state index contributed by atoms with van der Waals surface area (Å²) >= 11 is 0. The van der Waals surface area contributed by atoms with E-state index in [-0.39, 0.29) is 5.91 Å². The number of nitrogens with one attached hydrogen (secondary N) is 2. The third-order valence-electron chi connectivity index (χ3n) is 3.21. The summed E-state index contributed by atoms with van der Waals surface area (Å²) in [5.41, 5.74) is -0.450. The fourth-order valence-corrected chi connectivity index (χ4v) is 1.69. The first-order valence-corrected chi connectivity index (χ1v) is 7.11. The summed E-state index contributed by atoms with van der Waals surface area (Å²) < 4.78 is 4.63. The molecule has 0 atom stereocenters. The van der Waals surface area contributed by atoms with Gasteiger partial charge in [-0.15, -0.1) is 0 Å². The molecule has 0 aromatic heterocycles. The molecule has 22 heavy (non-hydrogen) atoms. The van der Waals surface area contributed by atoms with Gasteiger partial charge in [0.25, 0.3) is 0 Å². The van der Waals surface area contributed by atoms with Crippen molar-refractivity contribution in [1.29, 1.82) is 0 Å². The number of hydrogen-bond donors (Lipinski definition) is 2. The molecule has 0 heterocycles. The molecule has 0 aliphatic carbocycles. The molecule has 0 aliphatic heterocycles. The highest BCUT2D eigenvalue weighted by Crippen LogP contribution is 2.20. The molecular weight excluding hydrogens is 284 g/mol. The number of anilines is 1. The molecule has 6 nitrogen and oxygen atoms in total. The van der Waals surface area contributed by atoms with E-state index in [9.17, 15) is 14.4 Å². The SMILES string of the molecule is CCCNC(=O)C(C)(C)C(=O)Nc1cccc(C(=O)OC)c1. The summed E-state index contributed by atoms with van der Waals surface area (Å²) in [6, 6.07) is 6.36. The molecule has 0 fully saturated rings. The van der Waals surface area contributed by atoms with Gasteiger partial charge < -0.3 is 15.4 Å². The second kappa shape index (κ2) is 7.59. The zero-order valence-electron chi connectivity index (χ0n) is 13.4. The monoisotopic (exact) mass is 306 g/mol. The molecule has 1 rings (SSSR count). The molecule has 120 valence electrons. The Balaban J connectivity index is 2.83. The van der Waals surface area contributed by atoms with Gasteiger partial charge in [-0.25, -0.2) is 4.79 Å². The van der Waals surface area contributed by atoms with Crippen molar-refractivity contribution in [1.82, 2.24) is 5.32 Å². The zero-order chi connectivity index (χ0) is 16.8. The van der Waals surface area contributed by atoms with E-state index in [2.05, 4.69) is 15.4 Å². The van der Waals surface area contributed by atoms with Crippen LogP contribution < -0.4 is 10.6 Å². The van der Waals surface area contributed by atoms with Crippen LogP contribution in [0.25, 0.3) is 0 Å². The van der Waals surface area contributed by atoms with Gasteiger partial charge in [-0.3, -0.25) is 9.59 Å². The molecule has 0 radical (unpaired) electrons. The van der Waals surface area contributed by atoms with Crippen molar-refractivity contribution < 1.29 is 19.1 Å². The summed E-state index contributed by atoms with van der Waals surface area (Å²) in [5, 5.41) is 5.36. The van der Waals surface area contributed by atoms with Crippen molar-refractivity contribution in [2.45, 2.75) is 27.2 Å². The number of benzene rings is 1. The first kappa shape index (κ1) is 17.7. The molecule has 0 saturated carbocycles. The van der Waals surface area contributed by atoms with Crippen molar-refractivity contribution >= 4 is 23.5 Å². The van der Waals surface area contributed by atoms with E-state index in [0.29, 0.717) is 17.8 Å². The number of rotatable bonds is 6. The lowest BCUT2D eigenvalue weighted by Crippen LogP contribution is -2.45. The maximum absolute atomic E-state index is 12.3. The highest BCUT2D eigenvalue weighted by atomic mass is 16.5. The van der Waals surface area contributed by atoms with E-state index in [1.165, 1.54) is 13.2 Å². The summed E-state index contributed by atoms with van der Waals surface area (Å²) in [5.74, 6) is -1.27. The zero-order valence-corrected chi connectivity index (χ0v) is 13.4. The van der Waals surface area contributed by atoms with E-state index < -0.39 is 17.3 Å². The minimum atomic E-state index is -1.21. The average molecular weight is 306 g/mol. The highest BCUT2D eigenvalue weighted by Gasteiger charge is 2.35. The van der Waals surface area contributed by atoms with Gasteiger partial charge in [0, 0.05) is 12.2 Å². The van der Waals surface area contributed by atoms with Crippen LogP contribution in [0.4, 0.5) is 5.69 Å². The van der Waals surface area contributed by atoms with Crippen LogP contribution in [-0.4, -0.2) is 31.4 Å². The first-order valence-electron chi connectivity index (χ1n) is 7.11. The van der Waals surface area contributed by atoms with Gasteiger partial charge in [0.05, 0.1) is 12.7 Å². The lowest BCUT2D eigenvalue weighted by molar-refractivity contribution is -0.138. The van der Waals surface area contributed by atoms with Crippen LogP contribution in [0.5, 0.6) is 0 Å². The molecule has 1 aromatic rings. The second-order valence-corrected chi connectivity index (χ2v) is 5.41. The predicted molar refractivity (Wildman–Crippen MR) is 83.5 cm³/mol. The lowest BCUT2D eigenvalue weighted by atomic mass is 9.91. The number of carbonyl (C=O) groups excluding carboxylic acids is 3. The molecule has 6 heteroatoms. The third-order valence-corrected chi connectivity index (χ3v) is 3.21. The van der Waals surface area contributed by atoms with Crippen molar-refractivity contribution in [3.8, 4) is 0 Å². The summed E-state index contributed by atoms with van der Waals surface area (Å²) in [6.45, 7) is 5.56. The summed E-state index contributed by atoms with van der Waals surface area (Å²) in [4.78, 5) is 35.8. The Morgan fingerprint density at radius 1 is 1.18 bits per heavy atom. The largest absolute Gasteiger partial charge is 0.465 e. The van der Waals surface area contributed by atoms with E-state index >= 15 is 0 Å². The molecule has 2 N–H and O–H groups in total. The number of ether oxygens (including phenoxy) is 1. The van der Waals surface area contributed by atoms with Crippen molar-refractivity contribution in [3.63, 3.8) is 0 Å². The Labute approximate surface area is 130 Å². The van der Waals surface area contributed by atoms with Gasteiger partial charge in [0.2, 0.25) is 11.8 Å². The maximum atomic E-state index is 12.3. The van der Waals surface area contributed by atoms with Crippen LogP contribution in [-0.2, 0) is 14.3 Å². The summed E-state index contributed by atoms with van der Waals surface area (Å²) in [6.07, 6.45) is 0.796. The summed E-state index contributed by atoms with van der Waals surface area (Å²) in [7, 11) is 1.29. The van der Waals surface area contributed by atoms with E-state index in [1.54, 1.807) is 32.0 Å². The minimum absolute atomic E-state index is 0.327. The smallest absolute Gasteiger partial charge is 0.337 e. The Kier molecular flexibility index (Phi) is 6.10. The fraction of sp³-hybridized carbons (Fsp3) is 0.438. The van der Waals surface area contributed by atoms with Gasteiger partial charge in [-0.05, 0) is 38.5 Å². The average Bonchev–Trinajstić information content (AvgIpc) is 2.51. The maximum Gasteiger partial charge on any atom is 0.337 e. The molecule has 0 spiro atoms. The Morgan fingerprint density at radius 3 is 2.45 bits per heavy atom. The van der Waals surface area contributed by atoms with Crippen LogP contribution in [0.15, 0.2) is 24.3 Å². The van der Waals surface area contributed by atoms with Crippen LogP contribution in [0.3, 0.4) is 0 Å². The van der Waals surface area contributed by atoms with Gasteiger partial charge in [-0.1, -0.05) is 13.0 Å². The Morgan fingerprint density at radius 2 is 1.86 bits per heavy atom. The number of carbonyl (C=O) groups is 3. The first-order chi connectivity index (χ1) is 10.3. The molecule has 0 saturated heterocycles. The molecule has 2 amide bonds. The van der Waals surface area contributed by atoms with Gasteiger partial charge in [0.15, 0.2) is 0 Å². The predicted octanol–water partition coefficient (Wildman–Crippen LogP) is 1.96. The van der Waals surface area contributed by atoms with E-state index in [0.717, 1.165) is 6.42 Å². The fourth-order valence-electron chi connectivity index (χ4n) is 1.69. The van der Waals surface area contributed by atoms with Crippen LogP contribution in [0.1, 0.15) is 37.6 Å². The standard InChI is InChI=1S/C16H22N2O4/c1-5-9-17-14(20)16(2,3)15(21)18-12-8-6-7-11(10-12)13(19)22-4/h6-8,10H,5,9H2,1-4H3,(H,17,20)(H,18,21). The quantitative estimate of drug-likeness (QED) is 0.621. The molecule has 0 bridgehead atoms. The second-order valence-electron chi connectivity index (χ2n) is 5.41. The van der Waals surface area contributed by atoms with Crippen molar-refractivity contribution in [2.75, 3.05) is 19.0 Å². The van der Waals surface area contributed by atoms with Gasteiger partial charge >= 0.3 is 5.97 Å². The Hall–Kier alpha value is -2.37. The van der Waals surface area contributed by atoms with Gasteiger partial charge in [-0.2, -0.15) is 0 Å². The molecule has 1 aromatic carbocycles. The van der Waals surface area contributed by atoms with Crippen LogP contribution in [0.2, 0.25) is 0 Å². The molecular formula is C16H22N2O4. The van der Waals surface area contributed by atoms with Crippen molar-refractivity contribution in [2.24, 2.45) is 5.41 Å². The van der Waals surface area contributed by atoms with E-state index in [1.807, 2.05) is 6.92 Å². The molecule has 0 aliphatic rings. The number of esters is 1. The normalized spacial score (nSPS) is 10.7. The van der Waals surface area contributed by atoms with Crippen LogP contribution in [0, 0.1) is 5.41 Å². The van der Waals surface area contributed by atoms with E-state index in [4.69, 9.17) is 0 Å². The van der Waals surface area contributed by atoms with Gasteiger partial charge in [0.1, 0.15) is 5.41 Å². The molecule has 0 unspecified atom stereocenters. The van der Waals surface area contributed by atoms with Crippen molar-refractivity contribution in [3.05, 3.63) is 29.8 Å². The topological polar surface area (TPSA) is 84.5 Å². The number of methoxy groups -OCH3 is 1. The number of amides is 2. The Bertz CT molecular complexity index is 567. The third kappa shape index (κ3) is 4.31. The van der Waals surface area contributed by atoms with Crippen LogP contribution >= 0.6 is 0 Å². The minimum Gasteiger partial charge on any atom is -0.465 e. The lowest BCUT2D eigenvalue weighted by Gasteiger charge is -2.22.